The maximum atomic E-state index is 12.7. The van der Waals surface area contributed by atoms with E-state index in [9.17, 15) is 32.9 Å². The van der Waals surface area contributed by atoms with Crippen molar-refractivity contribution >= 4 is 40.3 Å². The normalized spacial score (nSPS) is 15.2. The lowest BCUT2D eigenvalue weighted by atomic mass is 10.1. The van der Waals surface area contributed by atoms with E-state index >= 15 is 0 Å². The number of ketones is 1. The summed E-state index contributed by atoms with van der Waals surface area (Å²) in [5.41, 5.74) is -0.908. The zero-order valence-electron chi connectivity index (χ0n) is 16.0. The number of nitrogens with zero attached hydrogens (tertiary/aromatic N) is 3. The molecule has 0 N–H and O–H groups in total. The molecule has 0 aliphatic carbocycles. The SMILES string of the molecule is O=C(CCN1CCN(C(=O)c2ccc(C(F)(F)F)cc2)CC1)c1cc([N+](=O)[O-])c(Cl)s1. The zero-order valence-corrected chi connectivity index (χ0v) is 17.6. The van der Waals surface area contributed by atoms with Crippen molar-refractivity contribution in [1.29, 1.82) is 0 Å². The number of hydrogen-bond acceptors (Lipinski definition) is 6. The van der Waals surface area contributed by atoms with Gasteiger partial charge in [-0.1, -0.05) is 11.6 Å². The molecule has 1 aromatic carbocycles. The molecule has 166 valence electrons. The second kappa shape index (κ2) is 9.33. The number of Topliss-reactive ketones (excluding diaryl/α,β-unsaturated/α-hetero) is 1. The molecule has 0 radical (unpaired) electrons. The molecule has 0 bridgehead atoms. The third kappa shape index (κ3) is 5.60. The Morgan fingerprint density at radius 3 is 2.26 bits per heavy atom. The van der Waals surface area contributed by atoms with Gasteiger partial charge in [0.25, 0.3) is 11.6 Å². The molecule has 1 saturated heterocycles. The van der Waals surface area contributed by atoms with Gasteiger partial charge in [-0.2, -0.15) is 13.2 Å². The highest BCUT2D eigenvalue weighted by atomic mass is 35.5. The summed E-state index contributed by atoms with van der Waals surface area (Å²) in [5, 5.41) is 10.8. The number of piperazine rings is 1. The monoisotopic (exact) mass is 475 g/mol. The number of rotatable bonds is 6. The second-order valence-electron chi connectivity index (χ2n) is 6.91. The Bertz CT molecular complexity index is 986. The van der Waals surface area contributed by atoms with Gasteiger partial charge in [-0.05, 0) is 24.3 Å². The van der Waals surface area contributed by atoms with Gasteiger partial charge >= 0.3 is 6.18 Å². The third-order valence-corrected chi connectivity index (χ3v) is 6.29. The van der Waals surface area contributed by atoms with Crippen molar-refractivity contribution in [1.82, 2.24) is 9.80 Å². The number of amides is 1. The summed E-state index contributed by atoms with van der Waals surface area (Å²) in [7, 11) is 0. The lowest BCUT2D eigenvalue weighted by molar-refractivity contribution is -0.384. The maximum Gasteiger partial charge on any atom is 0.416 e. The van der Waals surface area contributed by atoms with Crippen molar-refractivity contribution in [3.8, 4) is 0 Å². The van der Waals surface area contributed by atoms with Crippen molar-refractivity contribution in [3.05, 3.63) is 60.8 Å². The molecule has 1 amide bonds. The fraction of sp³-hybridized carbons (Fsp3) is 0.368. The predicted octanol–water partition coefficient (Wildman–Crippen LogP) is 4.36. The Kier molecular flexibility index (Phi) is 6.97. The first-order valence-corrected chi connectivity index (χ1v) is 10.4. The van der Waals surface area contributed by atoms with Crippen molar-refractivity contribution in [2.24, 2.45) is 0 Å². The van der Waals surface area contributed by atoms with Gasteiger partial charge in [0.2, 0.25) is 0 Å². The van der Waals surface area contributed by atoms with Crippen LogP contribution in [0.15, 0.2) is 30.3 Å². The van der Waals surface area contributed by atoms with E-state index in [1.54, 1.807) is 4.90 Å². The maximum absolute atomic E-state index is 12.7. The molecule has 1 fully saturated rings. The van der Waals surface area contributed by atoms with Crippen LogP contribution in [0.5, 0.6) is 0 Å². The number of alkyl halides is 3. The number of nitro groups is 1. The zero-order chi connectivity index (χ0) is 22.8. The summed E-state index contributed by atoms with van der Waals surface area (Å²) in [5.74, 6) is -0.590. The van der Waals surface area contributed by atoms with E-state index in [1.807, 2.05) is 4.90 Å². The molecule has 1 aromatic heterocycles. The van der Waals surface area contributed by atoms with E-state index in [0.717, 1.165) is 23.5 Å². The minimum absolute atomic E-state index is 0.0382. The van der Waals surface area contributed by atoms with Crippen LogP contribution in [0.2, 0.25) is 4.34 Å². The number of carbonyl (C=O) groups excluding carboxylic acids is 2. The van der Waals surface area contributed by atoms with Crippen LogP contribution in [0, 0.1) is 10.1 Å². The second-order valence-corrected chi connectivity index (χ2v) is 8.56. The van der Waals surface area contributed by atoms with Crippen molar-refractivity contribution in [2.75, 3.05) is 32.7 Å². The highest BCUT2D eigenvalue weighted by Crippen LogP contribution is 2.34. The van der Waals surface area contributed by atoms with Gasteiger partial charge in [0.15, 0.2) is 10.1 Å². The number of hydrogen-bond donors (Lipinski definition) is 0. The molecule has 0 spiro atoms. The Hall–Kier alpha value is -2.50. The first kappa shape index (κ1) is 23.2. The smallest absolute Gasteiger partial charge is 0.336 e. The lowest BCUT2D eigenvalue weighted by Crippen LogP contribution is -2.49. The summed E-state index contributed by atoms with van der Waals surface area (Å²) in [6, 6.07) is 5.28. The van der Waals surface area contributed by atoms with Crippen LogP contribution in [0.25, 0.3) is 0 Å². The van der Waals surface area contributed by atoms with Crippen molar-refractivity contribution < 1.29 is 27.7 Å². The van der Waals surface area contributed by atoms with Gasteiger partial charge in [0, 0.05) is 50.8 Å². The predicted molar refractivity (Wildman–Crippen MR) is 109 cm³/mol. The fourth-order valence-electron chi connectivity index (χ4n) is 3.16. The van der Waals surface area contributed by atoms with Gasteiger partial charge in [-0.3, -0.25) is 24.6 Å². The topological polar surface area (TPSA) is 83.8 Å². The largest absolute Gasteiger partial charge is 0.416 e. The molecule has 0 atom stereocenters. The Balaban J connectivity index is 1.49. The molecule has 0 saturated carbocycles. The van der Waals surface area contributed by atoms with Gasteiger partial charge in [0.05, 0.1) is 15.4 Å². The van der Waals surface area contributed by atoms with Crippen molar-refractivity contribution in [2.45, 2.75) is 12.6 Å². The average molecular weight is 476 g/mol. The van der Waals surface area contributed by atoms with Crippen LogP contribution in [0.1, 0.15) is 32.0 Å². The van der Waals surface area contributed by atoms with E-state index in [0.29, 0.717) is 32.7 Å². The summed E-state index contributed by atoms with van der Waals surface area (Å²) in [6.07, 6.45) is -4.30. The molecule has 0 unspecified atom stereocenters. The number of benzene rings is 1. The minimum atomic E-state index is -4.45. The Labute approximate surface area is 184 Å². The number of carbonyl (C=O) groups is 2. The fourth-order valence-corrected chi connectivity index (χ4v) is 4.35. The standard InChI is InChI=1S/C19H17ClF3N3O4S/c20-17-14(26(29)30)11-16(31-17)15(27)5-6-24-7-9-25(10-8-24)18(28)12-1-3-13(4-2-12)19(21,22)23/h1-4,11H,5-10H2. The number of thiophene rings is 1. The minimum Gasteiger partial charge on any atom is -0.336 e. The molecular weight excluding hydrogens is 459 g/mol. The van der Waals surface area contributed by atoms with Gasteiger partial charge in [-0.25, -0.2) is 0 Å². The average Bonchev–Trinajstić information content (AvgIpc) is 3.13. The summed E-state index contributed by atoms with van der Waals surface area (Å²) >= 11 is 6.66. The van der Waals surface area contributed by atoms with Crippen molar-refractivity contribution in [3.63, 3.8) is 0 Å². The van der Waals surface area contributed by atoms with Crippen LogP contribution >= 0.6 is 22.9 Å². The van der Waals surface area contributed by atoms with Crippen LogP contribution in [0.3, 0.4) is 0 Å². The molecule has 31 heavy (non-hydrogen) atoms. The molecule has 1 aliphatic heterocycles. The van der Waals surface area contributed by atoms with Gasteiger partial charge in [0.1, 0.15) is 0 Å². The summed E-state index contributed by atoms with van der Waals surface area (Å²) in [6.45, 7) is 2.19. The Morgan fingerprint density at radius 1 is 1.13 bits per heavy atom. The summed E-state index contributed by atoms with van der Waals surface area (Å²) in [4.78, 5) is 38.8. The van der Waals surface area contributed by atoms with E-state index in [4.69, 9.17) is 11.6 Å². The highest BCUT2D eigenvalue weighted by molar-refractivity contribution is 7.18. The van der Waals surface area contributed by atoms with E-state index in [-0.39, 0.29) is 38.6 Å². The lowest BCUT2D eigenvalue weighted by Gasteiger charge is -2.34. The third-order valence-electron chi connectivity index (χ3n) is 4.91. The molecule has 3 rings (SSSR count). The first-order valence-electron chi connectivity index (χ1n) is 9.22. The van der Waals surface area contributed by atoms with Gasteiger partial charge in [-0.15, -0.1) is 11.3 Å². The highest BCUT2D eigenvalue weighted by Gasteiger charge is 2.31. The molecule has 12 heteroatoms. The van der Waals surface area contributed by atoms with Crippen LogP contribution < -0.4 is 0 Å². The molecule has 2 aromatic rings. The summed E-state index contributed by atoms with van der Waals surface area (Å²) < 4.78 is 37.9. The van der Waals surface area contributed by atoms with Crippen LogP contribution in [-0.4, -0.2) is 59.1 Å². The first-order chi connectivity index (χ1) is 14.6. The van der Waals surface area contributed by atoms with Crippen LogP contribution in [-0.2, 0) is 6.18 Å². The van der Waals surface area contributed by atoms with E-state index in [1.165, 1.54) is 18.2 Å². The molecule has 2 heterocycles. The quantitative estimate of drug-likeness (QED) is 0.352. The Morgan fingerprint density at radius 2 is 1.74 bits per heavy atom. The van der Waals surface area contributed by atoms with E-state index in [2.05, 4.69) is 0 Å². The molecular formula is C19H17ClF3N3O4S. The van der Waals surface area contributed by atoms with E-state index < -0.39 is 16.7 Å². The molecule has 1 aliphatic rings. The number of halogens is 4. The van der Waals surface area contributed by atoms with Gasteiger partial charge < -0.3 is 4.90 Å². The molecule has 7 nitrogen and oxygen atoms in total. The van der Waals surface area contributed by atoms with Crippen LogP contribution in [0.4, 0.5) is 18.9 Å².